The van der Waals surface area contributed by atoms with Gasteiger partial charge in [-0.05, 0) is 32.5 Å². The summed E-state index contributed by atoms with van der Waals surface area (Å²) in [5.74, 6) is 0. The lowest BCUT2D eigenvalue weighted by atomic mass is 10.0. The van der Waals surface area contributed by atoms with Crippen molar-refractivity contribution in [3.05, 3.63) is 0 Å². The molecule has 0 radical (unpaired) electrons. The van der Waals surface area contributed by atoms with E-state index in [-0.39, 0.29) is 0 Å². The molecule has 1 atom stereocenters. The molecule has 0 saturated carbocycles. The van der Waals surface area contributed by atoms with Crippen molar-refractivity contribution in [1.82, 2.24) is 4.90 Å². The standard InChI is InChI=1S/C21H43NO/c1-3-22(4-2)19-17-15-13-11-9-7-5-6-8-10-12-14-16-18-21-20-23-21/h21H,3-20H2,1-2H3. The predicted octanol–water partition coefficient (Wildman–Crippen LogP) is 6.19. The summed E-state index contributed by atoms with van der Waals surface area (Å²) in [5.41, 5.74) is 0. The molecule has 0 aromatic carbocycles. The normalized spacial score (nSPS) is 17.1. The van der Waals surface area contributed by atoms with Crippen LogP contribution in [0.3, 0.4) is 0 Å². The number of epoxide rings is 1. The molecule has 0 bridgehead atoms. The minimum absolute atomic E-state index is 0.646. The Bertz CT molecular complexity index is 236. The lowest BCUT2D eigenvalue weighted by Crippen LogP contribution is -2.23. The van der Waals surface area contributed by atoms with Gasteiger partial charge < -0.3 is 9.64 Å². The molecule has 1 saturated heterocycles. The van der Waals surface area contributed by atoms with Crippen molar-refractivity contribution in [3.8, 4) is 0 Å². The second-order valence-electron chi connectivity index (χ2n) is 7.37. The Morgan fingerprint density at radius 2 is 1.04 bits per heavy atom. The van der Waals surface area contributed by atoms with Crippen molar-refractivity contribution in [1.29, 1.82) is 0 Å². The molecule has 1 unspecified atom stereocenters. The molecule has 23 heavy (non-hydrogen) atoms. The van der Waals surface area contributed by atoms with E-state index in [0.717, 1.165) is 6.61 Å². The Labute approximate surface area is 146 Å². The lowest BCUT2D eigenvalue weighted by Gasteiger charge is -2.17. The maximum absolute atomic E-state index is 5.24. The third-order valence-corrected chi connectivity index (χ3v) is 5.30. The molecule has 0 aliphatic carbocycles. The summed E-state index contributed by atoms with van der Waals surface area (Å²) in [7, 11) is 0. The van der Waals surface area contributed by atoms with Gasteiger partial charge in [0, 0.05) is 0 Å². The average Bonchev–Trinajstić information content (AvgIpc) is 3.39. The molecule has 0 aromatic rings. The van der Waals surface area contributed by atoms with E-state index in [9.17, 15) is 0 Å². The fourth-order valence-corrected chi connectivity index (χ4v) is 3.43. The van der Waals surface area contributed by atoms with Crippen LogP contribution in [0.4, 0.5) is 0 Å². The van der Waals surface area contributed by atoms with Gasteiger partial charge in [0.15, 0.2) is 0 Å². The highest BCUT2D eigenvalue weighted by Gasteiger charge is 2.20. The number of hydrogen-bond donors (Lipinski definition) is 0. The lowest BCUT2D eigenvalue weighted by molar-refractivity contribution is 0.295. The van der Waals surface area contributed by atoms with Crippen LogP contribution in [0.2, 0.25) is 0 Å². The Kier molecular flexibility index (Phi) is 14.1. The molecule has 1 fully saturated rings. The molecule has 0 aromatic heterocycles. The first-order chi connectivity index (χ1) is 11.4. The first kappa shape index (κ1) is 21.0. The largest absolute Gasteiger partial charge is 0.373 e. The Balaban J connectivity index is 1.65. The summed E-state index contributed by atoms with van der Waals surface area (Å²) >= 11 is 0. The van der Waals surface area contributed by atoms with Crippen molar-refractivity contribution in [2.75, 3.05) is 26.2 Å². The van der Waals surface area contributed by atoms with Gasteiger partial charge in [0.05, 0.1) is 12.7 Å². The minimum atomic E-state index is 0.646. The highest BCUT2D eigenvalue weighted by molar-refractivity contribution is 4.68. The molecular weight excluding hydrogens is 282 g/mol. The summed E-state index contributed by atoms with van der Waals surface area (Å²) in [5, 5.41) is 0. The van der Waals surface area contributed by atoms with Crippen LogP contribution in [0.15, 0.2) is 0 Å². The van der Waals surface area contributed by atoms with E-state index in [2.05, 4.69) is 18.7 Å². The predicted molar refractivity (Wildman–Crippen MR) is 102 cm³/mol. The van der Waals surface area contributed by atoms with E-state index in [4.69, 9.17) is 4.74 Å². The van der Waals surface area contributed by atoms with Crippen LogP contribution in [0.5, 0.6) is 0 Å². The van der Waals surface area contributed by atoms with E-state index < -0.39 is 0 Å². The zero-order valence-corrected chi connectivity index (χ0v) is 16.2. The molecule has 138 valence electrons. The van der Waals surface area contributed by atoms with Crippen molar-refractivity contribution >= 4 is 0 Å². The summed E-state index contributed by atoms with van der Waals surface area (Å²) in [6.07, 6.45) is 20.7. The monoisotopic (exact) mass is 325 g/mol. The van der Waals surface area contributed by atoms with Crippen LogP contribution in [-0.2, 0) is 4.74 Å². The Hall–Kier alpha value is -0.0800. The molecule has 1 heterocycles. The fourth-order valence-electron chi connectivity index (χ4n) is 3.43. The molecular formula is C21H43NO. The van der Waals surface area contributed by atoms with Crippen LogP contribution in [0.25, 0.3) is 0 Å². The van der Waals surface area contributed by atoms with Gasteiger partial charge in [-0.2, -0.15) is 0 Å². The second kappa shape index (κ2) is 15.4. The van der Waals surface area contributed by atoms with Crippen LogP contribution < -0.4 is 0 Å². The van der Waals surface area contributed by atoms with Crippen LogP contribution in [0, 0.1) is 0 Å². The topological polar surface area (TPSA) is 15.8 Å². The number of hydrogen-bond acceptors (Lipinski definition) is 2. The number of nitrogens with zero attached hydrogens (tertiary/aromatic N) is 1. The summed E-state index contributed by atoms with van der Waals surface area (Å²) in [4.78, 5) is 2.54. The highest BCUT2D eigenvalue weighted by Crippen LogP contribution is 2.18. The van der Waals surface area contributed by atoms with E-state index in [0.29, 0.717) is 6.10 Å². The molecule has 0 N–H and O–H groups in total. The van der Waals surface area contributed by atoms with Gasteiger partial charge in [0.1, 0.15) is 0 Å². The third-order valence-electron chi connectivity index (χ3n) is 5.30. The summed E-state index contributed by atoms with van der Waals surface area (Å²) in [6.45, 7) is 9.31. The average molecular weight is 326 g/mol. The van der Waals surface area contributed by atoms with Crippen molar-refractivity contribution in [3.63, 3.8) is 0 Å². The van der Waals surface area contributed by atoms with Gasteiger partial charge in [-0.1, -0.05) is 90.9 Å². The zero-order valence-electron chi connectivity index (χ0n) is 16.2. The summed E-state index contributed by atoms with van der Waals surface area (Å²) in [6, 6.07) is 0. The molecule has 2 heteroatoms. The zero-order chi connectivity index (χ0) is 16.6. The molecule has 0 amide bonds. The third kappa shape index (κ3) is 14.0. The quantitative estimate of drug-likeness (QED) is 0.221. The van der Waals surface area contributed by atoms with Crippen molar-refractivity contribution in [2.24, 2.45) is 0 Å². The summed E-state index contributed by atoms with van der Waals surface area (Å²) < 4.78 is 5.24. The first-order valence-electron chi connectivity index (χ1n) is 10.7. The van der Waals surface area contributed by atoms with Crippen molar-refractivity contribution < 1.29 is 4.74 Å². The van der Waals surface area contributed by atoms with Gasteiger partial charge in [-0.3, -0.25) is 0 Å². The molecule has 2 nitrogen and oxygen atoms in total. The van der Waals surface area contributed by atoms with Crippen molar-refractivity contribution in [2.45, 2.75) is 110 Å². The van der Waals surface area contributed by atoms with Crippen LogP contribution >= 0.6 is 0 Å². The minimum Gasteiger partial charge on any atom is -0.373 e. The maximum atomic E-state index is 5.24. The second-order valence-corrected chi connectivity index (χ2v) is 7.37. The molecule has 1 aliphatic rings. The van der Waals surface area contributed by atoms with Crippen LogP contribution in [-0.4, -0.2) is 37.2 Å². The van der Waals surface area contributed by atoms with Crippen LogP contribution in [0.1, 0.15) is 104 Å². The van der Waals surface area contributed by atoms with E-state index in [1.165, 1.54) is 110 Å². The van der Waals surface area contributed by atoms with Gasteiger partial charge in [-0.15, -0.1) is 0 Å². The number of ether oxygens (including phenoxy) is 1. The van der Waals surface area contributed by atoms with Gasteiger partial charge >= 0.3 is 0 Å². The fraction of sp³-hybridized carbons (Fsp3) is 1.00. The Morgan fingerprint density at radius 1 is 0.652 bits per heavy atom. The van der Waals surface area contributed by atoms with E-state index in [1.807, 2.05) is 0 Å². The Morgan fingerprint density at radius 3 is 1.43 bits per heavy atom. The van der Waals surface area contributed by atoms with Gasteiger partial charge in [0.25, 0.3) is 0 Å². The first-order valence-corrected chi connectivity index (χ1v) is 10.7. The number of unbranched alkanes of at least 4 members (excludes halogenated alkanes) is 12. The highest BCUT2D eigenvalue weighted by atomic mass is 16.6. The van der Waals surface area contributed by atoms with E-state index >= 15 is 0 Å². The number of rotatable bonds is 18. The smallest absolute Gasteiger partial charge is 0.0810 e. The molecule has 1 aliphatic heterocycles. The van der Waals surface area contributed by atoms with E-state index in [1.54, 1.807) is 0 Å². The van der Waals surface area contributed by atoms with Gasteiger partial charge in [-0.25, -0.2) is 0 Å². The maximum Gasteiger partial charge on any atom is 0.0810 e. The molecule has 0 spiro atoms. The SMILES string of the molecule is CCN(CC)CCCCCCCCCCCCCCCC1CO1. The molecule has 1 rings (SSSR count). The van der Waals surface area contributed by atoms with Gasteiger partial charge in [0.2, 0.25) is 0 Å².